The van der Waals surface area contributed by atoms with Gasteiger partial charge in [0, 0.05) is 37.8 Å². The van der Waals surface area contributed by atoms with E-state index in [0.717, 1.165) is 38.0 Å². The van der Waals surface area contributed by atoms with Crippen molar-refractivity contribution in [1.29, 1.82) is 0 Å². The van der Waals surface area contributed by atoms with E-state index in [1.54, 1.807) is 9.80 Å². The normalized spacial score (nSPS) is 20.6. The molecule has 0 aromatic heterocycles. The molecular formula is C27H32N4O4. The molecule has 0 radical (unpaired) electrons. The van der Waals surface area contributed by atoms with Gasteiger partial charge >= 0.3 is 6.03 Å². The minimum Gasteiger partial charge on any atom is -0.476 e. The van der Waals surface area contributed by atoms with Crippen LogP contribution in [-0.4, -0.2) is 66.5 Å². The van der Waals surface area contributed by atoms with Gasteiger partial charge in [-0.2, -0.15) is 0 Å². The lowest BCUT2D eigenvalue weighted by molar-refractivity contribution is -0.139. The molecule has 5 rings (SSSR count). The maximum absolute atomic E-state index is 13.7. The Morgan fingerprint density at radius 2 is 1.46 bits per heavy atom. The second-order valence-corrected chi connectivity index (χ2v) is 9.47. The number of nitrogens with zero attached hydrogens (tertiary/aromatic N) is 3. The molecule has 0 saturated carbocycles. The van der Waals surface area contributed by atoms with Crippen LogP contribution in [0.3, 0.4) is 0 Å². The fourth-order valence-electron chi connectivity index (χ4n) is 5.16. The Labute approximate surface area is 205 Å². The molecule has 4 amide bonds. The van der Waals surface area contributed by atoms with Crippen molar-refractivity contribution in [2.45, 2.75) is 38.2 Å². The summed E-state index contributed by atoms with van der Waals surface area (Å²) in [5.74, 6) is 0.333. The largest absolute Gasteiger partial charge is 0.476 e. The highest BCUT2D eigenvalue weighted by Crippen LogP contribution is 2.36. The Hall–Kier alpha value is -3.55. The van der Waals surface area contributed by atoms with Crippen molar-refractivity contribution in [3.05, 3.63) is 54.6 Å². The maximum Gasteiger partial charge on any atom is 0.321 e. The van der Waals surface area contributed by atoms with E-state index >= 15 is 0 Å². The van der Waals surface area contributed by atoms with E-state index in [2.05, 4.69) is 5.32 Å². The number of para-hydroxylation sites is 3. The van der Waals surface area contributed by atoms with Crippen LogP contribution in [0, 0.1) is 5.92 Å². The molecule has 0 unspecified atom stereocenters. The van der Waals surface area contributed by atoms with Crippen LogP contribution in [0.2, 0.25) is 0 Å². The number of piperidine rings is 2. The number of hydrogen-bond donors (Lipinski definition) is 1. The second kappa shape index (κ2) is 10.4. The Morgan fingerprint density at radius 1 is 0.771 bits per heavy atom. The number of urea groups is 1. The van der Waals surface area contributed by atoms with Gasteiger partial charge in [-0.25, -0.2) is 4.79 Å². The van der Waals surface area contributed by atoms with Gasteiger partial charge in [0.2, 0.25) is 5.91 Å². The fraction of sp³-hybridized carbons (Fsp3) is 0.444. The summed E-state index contributed by atoms with van der Waals surface area (Å²) in [5, 5.41) is 2.91. The van der Waals surface area contributed by atoms with E-state index in [9.17, 15) is 14.4 Å². The van der Waals surface area contributed by atoms with Gasteiger partial charge in [-0.3, -0.25) is 9.59 Å². The predicted molar refractivity (Wildman–Crippen MR) is 133 cm³/mol. The number of fused-ring (bicyclic) bond motifs is 1. The Balaban J connectivity index is 1.24. The van der Waals surface area contributed by atoms with Gasteiger partial charge in [-0.15, -0.1) is 0 Å². The molecule has 1 atom stereocenters. The molecule has 0 aliphatic carbocycles. The highest BCUT2D eigenvalue weighted by Gasteiger charge is 2.39. The van der Waals surface area contributed by atoms with Gasteiger partial charge in [0.05, 0.1) is 12.2 Å². The average Bonchev–Trinajstić information content (AvgIpc) is 2.92. The molecule has 3 aliphatic heterocycles. The molecule has 8 heteroatoms. The van der Waals surface area contributed by atoms with E-state index in [4.69, 9.17) is 4.74 Å². The summed E-state index contributed by atoms with van der Waals surface area (Å²) < 4.78 is 6.07. The van der Waals surface area contributed by atoms with E-state index < -0.39 is 6.10 Å². The van der Waals surface area contributed by atoms with Crippen LogP contribution in [0.1, 0.15) is 32.1 Å². The van der Waals surface area contributed by atoms with Crippen molar-refractivity contribution in [3.8, 4) is 5.75 Å². The summed E-state index contributed by atoms with van der Waals surface area (Å²) in [5.41, 5.74) is 1.47. The summed E-state index contributed by atoms with van der Waals surface area (Å²) in [6.45, 7) is 2.74. The zero-order chi connectivity index (χ0) is 24.2. The number of nitrogens with one attached hydrogen (secondary N) is 1. The zero-order valence-electron chi connectivity index (χ0n) is 19.9. The molecule has 3 aliphatic rings. The SMILES string of the molecule is O=C(Nc1ccccc1)N1CCC(C(=O)N2C[C@H](C(=O)N3CCCCC3)Oc3ccccc32)CC1. The monoisotopic (exact) mass is 476 g/mol. The molecule has 8 nitrogen and oxygen atoms in total. The average molecular weight is 477 g/mol. The number of hydrogen-bond acceptors (Lipinski definition) is 4. The number of carbonyl (C=O) groups excluding carboxylic acids is 3. The van der Waals surface area contributed by atoms with E-state index in [1.165, 1.54) is 0 Å². The minimum absolute atomic E-state index is 0.000289. The van der Waals surface area contributed by atoms with Crippen LogP contribution in [0.25, 0.3) is 0 Å². The molecular weight excluding hydrogens is 444 g/mol. The van der Waals surface area contributed by atoms with E-state index in [-0.39, 0.29) is 30.3 Å². The van der Waals surface area contributed by atoms with Crippen molar-refractivity contribution < 1.29 is 19.1 Å². The predicted octanol–water partition coefficient (Wildman–Crippen LogP) is 3.74. The summed E-state index contributed by atoms with van der Waals surface area (Å²) in [6.07, 6.45) is 3.65. The first-order valence-corrected chi connectivity index (χ1v) is 12.6. The third-order valence-corrected chi connectivity index (χ3v) is 7.14. The lowest BCUT2D eigenvalue weighted by Crippen LogP contribution is -2.54. The Kier molecular flexibility index (Phi) is 6.88. The molecule has 2 aromatic carbocycles. The van der Waals surface area contributed by atoms with Crippen molar-refractivity contribution in [2.24, 2.45) is 5.92 Å². The topological polar surface area (TPSA) is 82.2 Å². The van der Waals surface area contributed by atoms with E-state index in [1.807, 2.05) is 59.5 Å². The Morgan fingerprint density at radius 3 is 2.20 bits per heavy atom. The third kappa shape index (κ3) is 5.11. The van der Waals surface area contributed by atoms with Crippen LogP contribution >= 0.6 is 0 Å². The number of likely N-dealkylation sites (tertiary alicyclic amines) is 2. The van der Waals surface area contributed by atoms with Gasteiger partial charge in [0.1, 0.15) is 5.75 Å². The first-order valence-electron chi connectivity index (χ1n) is 12.6. The van der Waals surface area contributed by atoms with Gasteiger partial charge in [-0.1, -0.05) is 30.3 Å². The molecule has 0 bridgehead atoms. The maximum atomic E-state index is 13.7. The van der Waals surface area contributed by atoms with Crippen LogP contribution < -0.4 is 15.0 Å². The van der Waals surface area contributed by atoms with Crippen LogP contribution in [0.5, 0.6) is 5.75 Å². The first kappa shape index (κ1) is 23.2. The van der Waals surface area contributed by atoms with Crippen LogP contribution in [-0.2, 0) is 9.59 Å². The summed E-state index contributed by atoms with van der Waals surface area (Å²) >= 11 is 0. The number of rotatable bonds is 3. The summed E-state index contributed by atoms with van der Waals surface area (Å²) in [4.78, 5) is 44.8. The molecule has 3 heterocycles. The number of carbonyl (C=O) groups is 3. The molecule has 0 spiro atoms. The van der Waals surface area contributed by atoms with Crippen molar-refractivity contribution in [2.75, 3.05) is 42.9 Å². The van der Waals surface area contributed by atoms with Gasteiger partial charge in [-0.05, 0) is 56.4 Å². The first-order chi connectivity index (χ1) is 17.1. The summed E-state index contributed by atoms with van der Waals surface area (Å²) in [6, 6.07) is 16.7. The zero-order valence-corrected chi connectivity index (χ0v) is 19.9. The third-order valence-electron chi connectivity index (χ3n) is 7.14. The van der Waals surface area contributed by atoms with Crippen molar-refractivity contribution in [1.82, 2.24) is 9.80 Å². The van der Waals surface area contributed by atoms with Gasteiger partial charge in [0.25, 0.3) is 5.91 Å². The lowest BCUT2D eigenvalue weighted by Gasteiger charge is -2.39. The highest BCUT2D eigenvalue weighted by molar-refractivity contribution is 5.99. The number of amides is 4. The fourth-order valence-corrected chi connectivity index (χ4v) is 5.16. The lowest BCUT2D eigenvalue weighted by atomic mass is 9.94. The minimum atomic E-state index is -0.691. The molecule has 184 valence electrons. The van der Waals surface area contributed by atoms with Crippen molar-refractivity contribution in [3.63, 3.8) is 0 Å². The smallest absolute Gasteiger partial charge is 0.321 e. The second-order valence-electron chi connectivity index (χ2n) is 9.47. The molecule has 2 saturated heterocycles. The summed E-state index contributed by atoms with van der Waals surface area (Å²) in [7, 11) is 0. The number of benzene rings is 2. The van der Waals surface area contributed by atoms with Crippen molar-refractivity contribution >= 4 is 29.2 Å². The molecule has 1 N–H and O–H groups in total. The van der Waals surface area contributed by atoms with Crippen LogP contribution in [0.15, 0.2) is 54.6 Å². The number of ether oxygens (including phenoxy) is 1. The molecule has 35 heavy (non-hydrogen) atoms. The Bertz CT molecular complexity index is 1060. The quantitative estimate of drug-likeness (QED) is 0.732. The van der Waals surface area contributed by atoms with Gasteiger partial charge in [0.15, 0.2) is 6.10 Å². The molecule has 2 aromatic rings. The molecule has 2 fully saturated rings. The highest BCUT2D eigenvalue weighted by atomic mass is 16.5. The number of anilines is 2. The van der Waals surface area contributed by atoms with Gasteiger partial charge < -0.3 is 24.8 Å². The standard InChI is InChI=1S/C27H32N4O4/c32-25(20-13-17-30(18-14-20)27(34)28-21-9-3-1-4-10-21)31-19-24(26(33)29-15-7-2-8-16-29)35-23-12-6-5-11-22(23)31/h1,3-6,9-12,20,24H,2,7-8,13-19H2,(H,28,34)/t24-/m1/s1. The van der Waals surface area contributed by atoms with E-state index in [0.29, 0.717) is 37.4 Å². The van der Waals surface area contributed by atoms with Crippen LogP contribution in [0.4, 0.5) is 16.2 Å².